The molecule has 1 aliphatic carbocycles. The number of nitrogens with zero attached hydrogens (tertiary/aromatic N) is 3. The van der Waals surface area contributed by atoms with Crippen molar-refractivity contribution in [3.05, 3.63) is 53.9 Å². The van der Waals surface area contributed by atoms with Gasteiger partial charge in [0.2, 0.25) is 11.8 Å². The minimum atomic E-state index is -0.186. The zero-order valence-corrected chi connectivity index (χ0v) is 18.5. The van der Waals surface area contributed by atoms with Crippen LogP contribution in [0.2, 0.25) is 0 Å². The van der Waals surface area contributed by atoms with E-state index in [0.29, 0.717) is 38.2 Å². The lowest BCUT2D eigenvalue weighted by molar-refractivity contribution is -0.125. The summed E-state index contributed by atoms with van der Waals surface area (Å²) in [5.74, 6) is -0.379. The van der Waals surface area contributed by atoms with E-state index in [-0.39, 0.29) is 42.1 Å². The molecular weight excluding hydrogens is 406 g/mol. The molecule has 3 atom stereocenters. The van der Waals surface area contributed by atoms with Crippen molar-refractivity contribution in [3.8, 4) is 0 Å². The molecule has 2 heterocycles. The van der Waals surface area contributed by atoms with Crippen molar-refractivity contribution in [1.29, 1.82) is 0 Å². The summed E-state index contributed by atoms with van der Waals surface area (Å²) in [4.78, 5) is 39.8. The van der Waals surface area contributed by atoms with Gasteiger partial charge in [-0.15, -0.1) is 0 Å². The maximum absolute atomic E-state index is 13.0. The van der Waals surface area contributed by atoms with Gasteiger partial charge in [0.1, 0.15) is 5.69 Å². The molecule has 0 unspecified atom stereocenters. The van der Waals surface area contributed by atoms with E-state index < -0.39 is 0 Å². The maximum atomic E-state index is 13.0. The van der Waals surface area contributed by atoms with Crippen LogP contribution in [-0.2, 0) is 22.6 Å². The molecule has 0 bridgehead atoms. The monoisotopic (exact) mass is 437 g/mol. The first-order valence-corrected chi connectivity index (χ1v) is 11.5. The summed E-state index contributed by atoms with van der Waals surface area (Å²) >= 11 is 0. The predicted molar refractivity (Wildman–Crippen MR) is 120 cm³/mol. The normalized spacial score (nSPS) is 22.7. The number of hydrogen-bond acceptors (Lipinski definition) is 4. The minimum Gasteiger partial charge on any atom is -0.356 e. The Morgan fingerprint density at radius 3 is 2.78 bits per heavy atom. The smallest absolute Gasteiger partial charge is 0.272 e. The lowest BCUT2D eigenvalue weighted by Crippen LogP contribution is -2.40. The number of fused-ring (bicyclic) bond motifs is 1. The minimum absolute atomic E-state index is 0.0388. The molecule has 4 rings (SSSR count). The van der Waals surface area contributed by atoms with Gasteiger partial charge in [0.05, 0.1) is 6.54 Å². The second-order valence-electron chi connectivity index (χ2n) is 8.70. The summed E-state index contributed by atoms with van der Waals surface area (Å²) in [6.45, 7) is 3.66. The van der Waals surface area contributed by atoms with Crippen LogP contribution < -0.4 is 10.6 Å². The molecule has 0 radical (unpaired) electrons. The lowest BCUT2D eigenvalue weighted by Gasteiger charge is -2.23. The standard InChI is InChI=1S/C24H31N5O3/c1-2-29-21(10-12-26-29)24(32)28-15-19-13-18(14-20(19)27-22(30)16-28)23(31)25-11-6-9-17-7-4-3-5-8-17/h3-5,7-8,10,12,18-20H,2,6,9,11,13-16H2,1H3,(H,25,31)(H,27,30)/t18-,19+,20+/m0/s1. The molecule has 170 valence electrons. The highest BCUT2D eigenvalue weighted by atomic mass is 16.2. The van der Waals surface area contributed by atoms with Crippen molar-refractivity contribution in [3.63, 3.8) is 0 Å². The van der Waals surface area contributed by atoms with Crippen LogP contribution in [0.4, 0.5) is 0 Å². The zero-order chi connectivity index (χ0) is 22.5. The summed E-state index contributed by atoms with van der Waals surface area (Å²) in [5.41, 5.74) is 1.76. The van der Waals surface area contributed by atoms with Gasteiger partial charge in [-0.1, -0.05) is 30.3 Å². The molecule has 1 saturated carbocycles. The average Bonchev–Trinajstić information content (AvgIpc) is 3.40. The largest absolute Gasteiger partial charge is 0.356 e. The van der Waals surface area contributed by atoms with Gasteiger partial charge in [-0.25, -0.2) is 0 Å². The Kier molecular flexibility index (Phi) is 6.87. The third-order valence-electron chi connectivity index (χ3n) is 6.51. The van der Waals surface area contributed by atoms with Gasteiger partial charge in [0.25, 0.3) is 5.91 Å². The van der Waals surface area contributed by atoms with E-state index in [1.54, 1.807) is 21.8 Å². The molecular formula is C24H31N5O3. The van der Waals surface area contributed by atoms with E-state index in [1.165, 1.54) is 5.56 Å². The van der Waals surface area contributed by atoms with Crippen molar-refractivity contribution in [2.24, 2.45) is 11.8 Å². The predicted octanol–water partition coefficient (Wildman–Crippen LogP) is 1.62. The molecule has 8 nitrogen and oxygen atoms in total. The Bertz CT molecular complexity index is 958. The van der Waals surface area contributed by atoms with Crippen LogP contribution in [0.3, 0.4) is 0 Å². The highest BCUT2D eigenvalue weighted by Crippen LogP contribution is 2.33. The topological polar surface area (TPSA) is 96.3 Å². The number of benzene rings is 1. The third-order valence-corrected chi connectivity index (χ3v) is 6.51. The average molecular weight is 438 g/mol. The van der Waals surface area contributed by atoms with Gasteiger partial charge >= 0.3 is 0 Å². The number of hydrogen-bond donors (Lipinski definition) is 2. The quantitative estimate of drug-likeness (QED) is 0.644. The second kappa shape index (κ2) is 9.97. The summed E-state index contributed by atoms with van der Waals surface area (Å²) in [7, 11) is 0. The number of rotatable bonds is 7. The first-order valence-electron chi connectivity index (χ1n) is 11.5. The molecule has 1 aromatic carbocycles. The molecule has 32 heavy (non-hydrogen) atoms. The summed E-state index contributed by atoms with van der Waals surface area (Å²) in [6.07, 6.45) is 4.71. The zero-order valence-electron chi connectivity index (χ0n) is 18.5. The molecule has 3 amide bonds. The number of aryl methyl sites for hydroxylation is 2. The van der Waals surface area contributed by atoms with E-state index in [9.17, 15) is 14.4 Å². The SMILES string of the molecule is CCn1nccc1C(=O)N1CC(=O)N[C@@H]2C[C@@H](C(=O)NCCCc3ccccc3)C[C@@H]2C1. The van der Waals surface area contributed by atoms with Gasteiger partial charge < -0.3 is 15.5 Å². The van der Waals surface area contributed by atoms with Crippen molar-refractivity contribution in [2.75, 3.05) is 19.6 Å². The molecule has 2 aliphatic rings. The number of carbonyl (C=O) groups is 3. The fourth-order valence-electron chi connectivity index (χ4n) is 4.87. The van der Waals surface area contributed by atoms with E-state index in [0.717, 1.165) is 12.8 Å². The molecule has 0 spiro atoms. The van der Waals surface area contributed by atoms with Crippen molar-refractivity contribution >= 4 is 17.7 Å². The lowest BCUT2D eigenvalue weighted by atomic mass is 10.0. The number of aromatic nitrogens is 2. The highest BCUT2D eigenvalue weighted by Gasteiger charge is 2.42. The first-order chi connectivity index (χ1) is 15.5. The molecule has 1 aromatic heterocycles. The Morgan fingerprint density at radius 1 is 1.19 bits per heavy atom. The number of amides is 3. The molecule has 2 N–H and O–H groups in total. The van der Waals surface area contributed by atoms with Crippen LogP contribution in [0.5, 0.6) is 0 Å². The summed E-state index contributed by atoms with van der Waals surface area (Å²) in [5, 5.41) is 10.3. The highest BCUT2D eigenvalue weighted by molar-refractivity contribution is 5.95. The van der Waals surface area contributed by atoms with Crippen LogP contribution in [0.1, 0.15) is 42.2 Å². The number of carbonyl (C=O) groups excluding carboxylic acids is 3. The molecule has 8 heteroatoms. The summed E-state index contributed by atoms with van der Waals surface area (Å²) < 4.78 is 1.64. The van der Waals surface area contributed by atoms with Crippen LogP contribution in [0.25, 0.3) is 0 Å². The van der Waals surface area contributed by atoms with E-state index in [4.69, 9.17) is 0 Å². The van der Waals surface area contributed by atoms with E-state index >= 15 is 0 Å². The maximum Gasteiger partial charge on any atom is 0.272 e. The van der Waals surface area contributed by atoms with Crippen LogP contribution >= 0.6 is 0 Å². The molecule has 1 saturated heterocycles. The van der Waals surface area contributed by atoms with Crippen molar-refractivity contribution in [2.45, 2.75) is 45.2 Å². The molecule has 2 aromatic rings. The third kappa shape index (κ3) is 5.00. The van der Waals surface area contributed by atoms with Crippen molar-refractivity contribution < 1.29 is 14.4 Å². The van der Waals surface area contributed by atoms with Gasteiger partial charge in [0, 0.05) is 37.8 Å². The van der Waals surface area contributed by atoms with Crippen molar-refractivity contribution in [1.82, 2.24) is 25.3 Å². The van der Waals surface area contributed by atoms with Gasteiger partial charge in [-0.2, -0.15) is 5.10 Å². The Hall–Kier alpha value is -3.16. The fourth-order valence-corrected chi connectivity index (χ4v) is 4.87. The van der Waals surface area contributed by atoms with Crippen LogP contribution in [0.15, 0.2) is 42.6 Å². The van der Waals surface area contributed by atoms with Crippen LogP contribution in [-0.4, -0.2) is 58.1 Å². The summed E-state index contributed by atoms with van der Waals surface area (Å²) in [6, 6.07) is 11.8. The van der Waals surface area contributed by atoms with Gasteiger partial charge in [0.15, 0.2) is 0 Å². The van der Waals surface area contributed by atoms with Gasteiger partial charge in [-0.05, 0) is 50.2 Å². The number of nitrogens with one attached hydrogen (secondary N) is 2. The molecule has 2 fully saturated rings. The molecule has 1 aliphatic heterocycles. The van der Waals surface area contributed by atoms with E-state index in [1.807, 2.05) is 25.1 Å². The fraction of sp³-hybridized carbons (Fsp3) is 0.500. The second-order valence-corrected chi connectivity index (χ2v) is 8.70. The van der Waals surface area contributed by atoms with Crippen LogP contribution in [0, 0.1) is 11.8 Å². The first kappa shape index (κ1) is 22.0. The van der Waals surface area contributed by atoms with Gasteiger partial charge in [-0.3, -0.25) is 19.1 Å². The van der Waals surface area contributed by atoms with E-state index in [2.05, 4.69) is 27.9 Å². The Balaban J connectivity index is 1.31. The Morgan fingerprint density at radius 2 is 2.00 bits per heavy atom. The Labute approximate surface area is 188 Å².